The van der Waals surface area contributed by atoms with Gasteiger partial charge in [0.2, 0.25) is 21.8 Å². The first-order valence-electron chi connectivity index (χ1n) is 11.3. The van der Waals surface area contributed by atoms with Crippen LogP contribution in [0.5, 0.6) is 0 Å². The minimum atomic E-state index is -3.79. The molecule has 10 heteroatoms. The van der Waals surface area contributed by atoms with E-state index in [1.165, 1.54) is 4.90 Å². The van der Waals surface area contributed by atoms with Crippen LogP contribution in [-0.2, 0) is 26.2 Å². The van der Waals surface area contributed by atoms with Crippen LogP contribution in [0.25, 0.3) is 0 Å². The maximum Gasteiger partial charge on any atom is 0.244 e. The number of hydrogen-bond donors (Lipinski definition) is 1. The highest BCUT2D eigenvalue weighted by atomic mass is 35.5. The van der Waals surface area contributed by atoms with E-state index in [1.54, 1.807) is 37.3 Å². The van der Waals surface area contributed by atoms with Gasteiger partial charge >= 0.3 is 0 Å². The van der Waals surface area contributed by atoms with Gasteiger partial charge in [0.25, 0.3) is 0 Å². The molecule has 2 aromatic carbocycles. The summed E-state index contributed by atoms with van der Waals surface area (Å²) in [6.07, 6.45) is 1.05. The Kier molecular flexibility index (Phi) is 10.0. The van der Waals surface area contributed by atoms with Crippen LogP contribution in [-0.4, -0.2) is 50.5 Å². The Morgan fingerprint density at radius 2 is 1.60 bits per heavy atom. The minimum Gasteiger partial charge on any atom is -0.354 e. The van der Waals surface area contributed by atoms with Crippen molar-refractivity contribution in [2.75, 3.05) is 23.7 Å². The molecule has 1 N–H and O–H groups in total. The average molecular weight is 543 g/mol. The highest BCUT2D eigenvalue weighted by Gasteiger charge is 2.30. The molecule has 0 fully saturated rings. The Labute approximate surface area is 218 Å². The lowest BCUT2D eigenvalue weighted by molar-refractivity contribution is -0.139. The van der Waals surface area contributed by atoms with E-state index in [9.17, 15) is 18.0 Å². The summed E-state index contributed by atoms with van der Waals surface area (Å²) in [5.41, 5.74) is 2.71. The zero-order valence-electron chi connectivity index (χ0n) is 20.9. The van der Waals surface area contributed by atoms with E-state index in [0.717, 1.165) is 21.7 Å². The molecule has 0 bridgehead atoms. The van der Waals surface area contributed by atoms with Crippen molar-refractivity contribution >= 4 is 50.7 Å². The van der Waals surface area contributed by atoms with Gasteiger partial charge in [-0.2, -0.15) is 0 Å². The van der Waals surface area contributed by atoms with E-state index in [4.69, 9.17) is 23.2 Å². The molecular weight excluding hydrogens is 509 g/mol. The first-order chi connectivity index (χ1) is 16.2. The van der Waals surface area contributed by atoms with Gasteiger partial charge in [-0.25, -0.2) is 8.42 Å². The molecule has 0 aliphatic heterocycles. The van der Waals surface area contributed by atoms with E-state index < -0.39 is 28.5 Å². The summed E-state index contributed by atoms with van der Waals surface area (Å²) in [5, 5.41) is 3.63. The van der Waals surface area contributed by atoms with Gasteiger partial charge < -0.3 is 10.2 Å². The van der Waals surface area contributed by atoms with Gasteiger partial charge in [0.15, 0.2) is 0 Å². The second-order valence-corrected chi connectivity index (χ2v) is 11.9. The number of aryl methyl sites for hydroxylation is 2. The smallest absolute Gasteiger partial charge is 0.244 e. The van der Waals surface area contributed by atoms with Crippen LogP contribution in [0.2, 0.25) is 10.0 Å². The van der Waals surface area contributed by atoms with E-state index >= 15 is 0 Å². The van der Waals surface area contributed by atoms with E-state index in [-0.39, 0.29) is 18.4 Å². The Morgan fingerprint density at radius 3 is 2.11 bits per heavy atom. The fourth-order valence-corrected chi connectivity index (χ4v) is 4.88. The molecule has 0 spiro atoms. The SMILES string of the molecule is Cc1cc(C)cc(N(CC(=O)N(Cc2ccc(Cl)cc2Cl)[C@H](C)C(=O)NCC(C)C)S(C)(=O)=O)c1. The number of sulfonamides is 1. The number of rotatable bonds is 10. The molecule has 0 saturated heterocycles. The van der Waals surface area contributed by atoms with Gasteiger partial charge in [0.05, 0.1) is 11.9 Å². The lowest BCUT2D eigenvalue weighted by atomic mass is 10.1. The van der Waals surface area contributed by atoms with Gasteiger partial charge in [-0.05, 0) is 67.6 Å². The monoisotopic (exact) mass is 541 g/mol. The Balaban J connectivity index is 2.43. The van der Waals surface area contributed by atoms with Crippen molar-refractivity contribution in [1.29, 1.82) is 0 Å². The fraction of sp³-hybridized carbons (Fsp3) is 0.440. The average Bonchev–Trinajstić information content (AvgIpc) is 2.73. The van der Waals surface area contributed by atoms with Gasteiger partial charge in [0, 0.05) is 23.1 Å². The maximum absolute atomic E-state index is 13.6. The molecule has 2 aromatic rings. The quantitative estimate of drug-likeness (QED) is 0.477. The van der Waals surface area contributed by atoms with Crippen LogP contribution in [0.3, 0.4) is 0 Å². The molecular formula is C25H33Cl2N3O4S. The van der Waals surface area contributed by atoms with E-state index in [1.807, 2.05) is 33.8 Å². The third-order valence-electron chi connectivity index (χ3n) is 5.38. The van der Waals surface area contributed by atoms with Gasteiger partial charge in [-0.1, -0.05) is 49.2 Å². The summed E-state index contributed by atoms with van der Waals surface area (Å²) in [4.78, 5) is 27.8. The number of carbonyl (C=O) groups excluding carboxylic acids is 2. The molecule has 192 valence electrons. The van der Waals surface area contributed by atoms with Crippen LogP contribution in [0.4, 0.5) is 5.69 Å². The number of nitrogens with zero attached hydrogens (tertiary/aromatic N) is 2. The lowest BCUT2D eigenvalue weighted by Gasteiger charge is -2.32. The first-order valence-corrected chi connectivity index (χ1v) is 13.9. The molecule has 0 unspecified atom stereocenters. The Morgan fingerprint density at radius 1 is 1.00 bits per heavy atom. The number of carbonyl (C=O) groups is 2. The Bertz CT molecular complexity index is 1160. The zero-order valence-corrected chi connectivity index (χ0v) is 23.3. The van der Waals surface area contributed by atoms with Gasteiger partial charge in [0.1, 0.15) is 12.6 Å². The highest BCUT2D eigenvalue weighted by Crippen LogP contribution is 2.25. The van der Waals surface area contributed by atoms with Crippen molar-refractivity contribution in [3.8, 4) is 0 Å². The molecule has 7 nitrogen and oxygen atoms in total. The van der Waals surface area contributed by atoms with Crippen molar-refractivity contribution in [2.45, 2.75) is 47.2 Å². The van der Waals surface area contributed by atoms with E-state index in [2.05, 4.69) is 5.32 Å². The largest absolute Gasteiger partial charge is 0.354 e. The summed E-state index contributed by atoms with van der Waals surface area (Å²) >= 11 is 12.4. The van der Waals surface area contributed by atoms with Crippen LogP contribution in [0.1, 0.15) is 37.5 Å². The normalized spacial score (nSPS) is 12.4. The summed E-state index contributed by atoms with van der Waals surface area (Å²) in [6, 6.07) is 9.36. The molecule has 1 atom stereocenters. The predicted molar refractivity (Wildman–Crippen MR) is 142 cm³/mol. The number of hydrogen-bond acceptors (Lipinski definition) is 4. The molecule has 0 aliphatic carbocycles. The topological polar surface area (TPSA) is 86.8 Å². The molecule has 0 saturated carbocycles. The summed E-state index contributed by atoms with van der Waals surface area (Å²) in [7, 11) is -3.79. The number of benzene rings is 2. The molecule has 0 radical (unpaired) electrons. The van der Waals surface area contributed by atoms with Crippen LogP contribution in [0, 0.1) is 19.8 Å². The van der Waals surface area contributed by atoms with Gasteiger partial charge in [-0.3, -0.25) is 13.9 Å². The second-order valence-electron chi connectivity index (χ2n) is 9.19. The molecule has 0 aliphatic rings. The maximum atomic E-state index is 13.6. The molecule has 35 heavy (non-hydrogen) atoms. The number of nitrogens with one attached hydrogen (secondary N) is 1. The summed E-state index contributed by atoms with van der Waals surface area (Å²) in [6.45, 7) is 9.25. The molecule has 2 amide bonds. The second kappa shape index (κ2) is 12.1. The molecule has 0 heterocycles. The standard InChI is InChI=1S/C25H33Cl2N3O4S/c1-16(2)13-28-25(32)19(5)29(14-20-7-8-21(26)12-23(20)27)24(31)15-30(35(6,33)34)22-10-17(3)9-18(4)11-22/h7-12,16,19H,13-15H2,1-6H3,(H,28,32)/t19-/m1/s1. The fourth-order valence-electron chi connectivity index (χ4n) is 3.58. The lowest BCUT2D eigenvalue weighted by Crippen LogP contribution is -2.51. The van der Waals surface area contributed by atoms with Crippen LogP contribution in [0.15, 0.2) is 36.4 Å². The predicted octanol–water partition coefficient (Wildman–Crippen LogP) is 4.57. The van der Waals surface area contributed by atoms with Crippen molar-refractivity contribution < 1.29 is 18.0 Å². The number of halogens is 2. The minimum absolute atomic E-state index is 0.00947. The third kappa shape index (κ3) is 8.40. The van der Waals surface area contributed by atoms with Crippen LogP contribution < -0.4 is 9.62 Å². The van der Waals surface area contributed by atoms with E-state index in [0.29, 0.717) is 27.8 Å². The van der Waals surface area contributed by atoms with Gasteiger partial charge in [-0.15, -0.1) is 0 Å². The highest BCUT2D eigenvalue weighted by molar-refractivity contribution is 7.92. The van der Waals surface area contributed by atoms with Crippen molar-refractivity contribution in [1.82, 2.24) is 10.2 Å². The molecule has 0 aromatic heterocycles. The van der Waals surface area contributed by atoms with Crippen LogP contribution >= 0.6 is 23.2 Å². The Hall–Kier alpha value is -2.29. The van der Waals surface area contributed by atoms with Crippen molar-refractivity contribution in [3.05, 3.63) is 63.1 Å². The summed E-state index contributed by atoms with van der Waals surface area (Å²) in [5.74, 6) is -0.645. The number of amides is 2. The van der Waals surface area contributed by atoms with Crippen molar-refractivity contribution in [2.24, 2.45) is 5.92 Å². The van der Waals surface area contributed by atoms with Crippen molar-refractivity contribution in [3.63, 3.8) is 0 Å². The third-order valence-corrected chi connectivity index (χ3v) is 7.11. The molecule has 2 rings (SSSR count). The number of anilines is 1. The zero-order chi connectivity index (χ0) is 26.5. The summed E-state index contributed by atoms with van der Waals surface area (Å²) < 4.78 is 26.4. The first kappa shape index (κ1) is 28.9.